The van der Waals surface area contributed by atoms with Gasteiger partial charge in [-0.2, -0.15) is 0 Å². The van der Waals surface area contributed by atoms with Gasteiger partial charge in [-0.05, 0) is 38.6 Å². The molecular formula is C11H16N4. The maximum absolute atomic E-state index is 4.25. The second kappa shape index (κ2) is 4.89. The van der Waals surface area contributed by atoms with Crippen molar-refractivity contribution in [2.24, 2.45) is 0 Å². The number of rotatable bonds is 5. The molecule has 4 heteroatoms. The molecule has 0 aliphatic heterocycles. The van der Waals surface area contributed by atoms with E-state index in [0.29, 0.717) is 0 Å². The Balaban J connectivity index is 2.02. The van der Waals surface area contributed by atoms with Crippen LogP contribution in [0.2, 0.25) is 0 Å². The van der Waals surface area contributed by atoms with Gasteiger partial charge >= 0.3 is 0 Å². The SMILES string of the molecule is CNCCCCn1cnc2ncccc21. The van der Waals surface area contributed by atoms with Crippen molar-refractivity contribution in [3.63, 3.8) is 0 Å². The van der Waals surface area contributed by atoms with Crippen LogP contribution in [-0.2, 0) is 6.54 Å². The quantitative estimate of drug-likeness (QED) is 0.749. The zero-order valence-electron chi connectivity index (χ0n) is 8.98. The summed E-state index contributed by atoms with van der Waals surface area (Å²) < 4.78 is 2.16. The smallest absolute Gasteiger partial charge is 0.177 e. The molecule has 0 unspecified atom stereocenters. The van der Waals surface area contributed by atoms with Gasteiger partial charge in [0.05, 0.1) is 11.8 Å². The summed E-state index contributed by atoms with van der Waals surface area (Å²) in [6.45, 7) is 2.09. The first-order chi connectivity index (χ1) is 7.42. The highest BCUT2D eigenvalue weighted by Gasteiger charge is 2.01. The van der Waals surface area contributed by atoms with E-state index < -0.39 is 0 Å². The van der Waals surface area contributed by atoms with Crippen LogP contribution >= 0.6 is 0 Å². The largest absolute Gasteiger partial charge is 0.329 e. The average molecular weight is 204 g/mol. The Morgan fingerprint density at radius 3 is 3.13 bits per heavy atom. The number of pyridine rings is 1. The highest BCUT2D eigenvalue weighted by Crippen LogP contribution is 2.09. The zero-order chi connectivity index (χ0) is 10.5. The molecule has 80 valence electrons. The molecule has 0 fully saturated rings. The van der Waals surface area contributed by atoms with Crippen LogP contribution in [0.5, 0.6) is 0 Å². The van der Waals surface area contributed by atoms with E-state index in [2.05, 4.69) is 25.9 Å². The molecule has 0 atom stereocenters. The third-order valence-corrected chi connectivity index (χ3v) is 2.47. The van der Waals surface area contributed by atoms with Crippen molar-refractivity contribution in [1.29, 1.82) is 0 Å². The van der Waals surface area contributed by atoms with Gasteiger partial charge in [0, 0.05) is 12.7 Å². The Kier molecular flexibility index (Phi) is 3.29. The summed E-state index contributed by atoms with van der Waals surface area (Å²) in [5.41, 5.74) is 1.97. The number of nitrogens with zero attached hydrogens (tertiary/aromatic N) is 3. The summed E-state index contributed by atoms with van der Waals surface area (Å²) in [5.74, 6) is 0. The summed E-state index contributed by atoms with van der Waals surface area (Å²) in [6.07, 6.45) is 6.01. The highest BCUT2D eigenvalue weighted by atomic mass is 15.1. The number of nitrogens with one attached hydrogen (secondary N) is 1. The van der Waals surface area contributed by atoms with Crippen molar-refractivity contribution in [2.45, 2.75) is 19.4 Å². The van der Waals surface area contributed by atoms with Crippen LogP contribution in [-0.4, -0.2) is 28.1 Å². The van der Waals surface area contributed by atoms with Crippen LogP contribution in [0.1, 0.15) is 12.8 Å². The van der Waals surface area contributed by atoms with E-state index in [1.807, 2.05) is 19.4 Å². The van der Waals surface area contributed by atoms with E-state index in [0.717, 1.165) is 24.3 Å². The topological polar surface area (TPSA) is 42.7 Å². The molecule has 2 heterocycles. The molecular weight excluding hydrogens is 188 g/mol. The number of imidazole rings is 1. The Morgan fingerprint density at radius 2 is 2.27 bits per heavy atom. The van der Waals surface area contributed by atoms with Crippen molar-refractivity contribution >= 4 is 11.2 Å². The van der Waals surface area contributed by atoms with Crippen LogP contribution in [0.3, 0.4) is 0 Å². The fraction of sp³-hybridized carbons (Fsp3) is 0.455. The molecule has 0 saturated carbocycles. The molecule has 0 radical (unpaired) electrons. The number of hydrogen-bond donors (Lipinski definition) is 1. The predicted molar refractivity (Wildman–Crippen MR) is 60.7 cm³/mol. The monoisotopic (exact) mass is 204 g/mol. The summed E-state index contributed by atoms with van der Waals surface area (Å²) in [7, 11) is 1.98. The minimum atomic E-state index is 0.839. The van der Waals surface area contributed by atoms with Crippen LogP contribution in [0, 0.1) is 0 Å². The number of fused-ring (bicyclic) bond motifs is 1. The predicted octanol–water partition coefficient (Wildman–Crippen LogP) is 1.43. The molecule has 0 bridgehead atoms. The van der Waals surface area contributed by atoms with Crippen molar-refractivity contribution in [2.75, 3.05) is 13.6 Å². The Morgan fingerprint density at radius 1 is 1.33 bits per heavy atom. The molecule has 0 amide bonds. The molecule has 15 heavy (non-hydrogen) atoms. The standard InChI is InChI=1S/C11H16N4/c1-12-6-2-3-8-15-9-14-11-10(15)5-4-7-13-11/h4-5,7,9,12H,2-3,6,8H2,1H3. The number of unbranched alkanes of at least 4 members (excludes halogenated alkanes) is 1. The molecule has 2 aromatic rings. The fourth-order valence-electron chi connectivity index (χ4n) is 1.66. The van der Waals surface area contributed by atoms with Crippen LogP contribution in [0.4, 0.5) is 0 Å². The molecule has 0 aliphatic carbocycles. The summed E-state index contributed by atoms with van der Waals surface area (Å²) in [6, 6.07) is 4.02. The van der Waals surface area contributed by atoms with Crippen molar-refractivity contribution in [3.05, 3.63) is 24.7 Å². The minimum absolute atomic E-state index is 0.839. The van der Waals surface area contributed by atoms with E-state index in [4.69, 9.17) is 0 Å². The van der Waals surface area contributed by atoms with Gasteiger partial charge in [-0.1, -0.05) is 0 Å². The van der Waals surface area contributed by atoms with Gasteiger partial charge < -0.3 is 9.88 Å². The fourth-order valence-corrected chi connectivity index (χ4v) is 1.66. The Hall–Kier alpha value is -1.42. The molecule has 0 saturated heterocycles. The second-order valence-corrected chi connectivity index (χ2v) is 3.59. The zero-order valence-corrected chi connectivity index (χ0v) is 8.98. The third kappa shape index (κ3) is 2.33. The van der Waals surface area contributed by atoms with E-state index in [1.54, 1.807) is 6.20 Å². The van der Waals surface area contributed by atoms with Gasteiger partial charge in [-0.25, -0.2) is 9.97 Å². The molecule has 2 rings (SSSR count). The van der Waals surface area contributed by atoms with E-state index in [1.165, 1.54) is 12.8 Å². The van der Waals surface area contributed by atoms with Crippen molar-refractivity contribution in [3.8, 4) is 0 Å². The summed E-state index contributed by atoms with van der Waals surface area (Å²) in [4.78, 5) is 8.46. The molecule has 1 N–H and O–H groups in total. The van der Waals surface area contributed by atoms with E-state index >= 15 is 0 Å². The number of aryl methyl sites for hydroxylation is 1. The minimum Gasteiger partial charge on any atom is -0.329 e. The highest BCUT2D eigenvalue weighted by molar-refractivity contribution is 5.70. The van der Waals surface area contributed by atoms with Crippen LogP contribution < -0.4 is 5.32 Å². The Bertz CT molecular complexity index is 421. The first-order valence-electron chi connectivity index (χ1n) is 5.32. The first kappa shape index (κ1) is 10.1. The number of hydrogen-bond acceptors (Lipinski definition) is 3. The van der Waals surface area contributed by atoms with Gasteiger partial charge in [0.15, 0.2) is 5.65 Å². The third-order valence-electron chi connectivity index (χ3n) is 2.47. The van der Waals surface area contributed by atoms with Gasteiger partial charge in [-0.3, -0.25) is 0 Å². The lowest BCUT2D eigenvalue weighted by molar-refractivity contribution is 0.600. The Labute approximate surface area is 89.3 Å². The molecule has 0 spiro atoms. The molecule has 4 nitrogen and oxygen atoms in total. The lowest BCUT2D eigenvalue weighted by atomic mass is 10.3. The lowest BCUT2D eigenvalue weighted by Gasteiger charge is -2.03. The first-order valence-corrected chi connectivity index (χ1v) is 5.32. The van der Waals surface area contributed by atoms with Gasteiger partial charge in [0.1, 0.15) is 0 Å². The van der Waals surface area contributed by atoms with E-state index in [-0.39, 0.29) is 0 Å². The summed E-state index contributed by atoms with van der Waals surface area (Å²) >= 11 is 0. The van der Waals surface area contributed by atoms with E-state index in [9.17, 15) is 0 Å². The van der Waals surface area contributed by atoms with Crippen molar-refractivity contribution in [1.82, 2.24) is 19.9 Å². The normalized spacial score (nSPS) is 11.0. The van der Waals surface area contributed by atoms with Crippen LogP contribution in [0.15, 0.2) is 24.7 Å². The molecule has 0 aromatic carbocycles. The van der Waals surface area contributed by atoms with Gasteiger partial charge in [0.2, 0.25) is 0 Å². The van der Waals surface area contributed by atoms with Gasteiger partial charge in [-0.15, -0.1) is 0 Å². The molecule has 2 aromatic heterocycles. The summed E-state index contributed by atoms with van der Waals surface area (Å²) in [5, 5.41) is 3.15. The second-order valence-electron chi connectivity index (χ2n) is 3.59. The van der Waals surface area contributed by atoms with Crippen molar-refractivity contribution < 1.29 is 0 Å². The average Bonchev–Trinajstić information content (AvgIpc) is 2.68. The lowest BCUT2D eigenvalue weighted by Crippen LogP contribution is -2.08. The van der Waals surface area contributed by atoms with Gasteiger partial charge in [0.25, 0.3) is 0 Å². The van der Waals surface area contributed by atoms with Crippen LogP contribution in [0.25, 0.3) is 11.2 Å². The molecule has 0 aliphatic rings. The maximum Gasteiger partial charge on any atom is 0.177 e. The maximum atomic E-state index is 4.25. The number of aromatic nitrogens is 3.